The first-order chi connectivity index (χ1) is 16.2. The quantitative estimate of drug-likeness (QED) is 0.252. The van der Waals surface area contributed by atoms with Gasteiger partial charge in [0.25, 0.3) is 0 Å². The maximum absolute atomic E-state index is 13.5. The van der Waals surface area contributed by atoms with Gasteiger partial charge in [-0.3, -0.25) is 0 Å². The molecule has 206 valence electrons. The lowest BCUT2D eigenvalue weighted by atomic mass is 9.99. The van der Waals surface area contributed by atoms with E-state index in [4.69, 9.17) is 0 Å². The van der Waals surface area contributed by atoms with Crippen LogP contribution in [0.1, 0.15) is 33.4 Å². The molecule has 0 saturated carbocycles. The highest BCUT2D eigenvalue weighted by molar-refractivity contribution is 6.68. The van der Waals surface area contributed by atoms with Gasteiger partial charge in [-0.15, -0.1) is 0 Å². The van der Waals surface area contributed by atoms with E-state index >= 15 is 0 Å². The molecule has 2 aromatic rings. The molecule has 2 rings (SSSR count). The average molecular weight is 590 g/mol. The van der Waals surface area contributed by atoms with Crippen molar-refractivity contribution >= 4 is 19.9 Å². The summed E-state index contributed by atoms with van der Waals surface area (Å²) in [7, 11) is -2.54. The Kier molecular flexibility index (Phi) is 7.45. The minimum Gasteiger partial charge on any atom is -0.166 e. The maximum Gasteiger partial charge on any atom is 0.417 e. The Morgan fingerprint density at radius 1 is 0.324 bits per heavy atom. The third-order valence-electron chi connectivity index (χ3n) is 4.42. The molecule has 2 radical (unpaired) electrons. The van der Waals surface area contributed by atoms with Crippen LogP contribution in [0.5, 0.6) is 0 Å². The number of alkyl halides is 18. The number of halogens is 18. The molecule has 19 heteroatoms. The third-order valence-corrected chi connectivity index (χ3v) is 5.80. The van der Waals surface area contributed by atoms with Gasteiger partial charge in [0.2, 0.25) is 0 Å². The minimum absolute atomic E-state index is 0.343. The molecule has 0 bridgehead atoms. The molecule has 2 aromatic carbocycles. The monoisotopic (exact) mass is 590 g/mol. The molecule has 37 heavy (non-hydrogen) atoms. The zero-order valence-corrected chi connectivity index (χ0v) is 17.6. The van der Waals surface area contributed by atoms with E-state index in [1.165, 1.54) is 0 Å². The van der Waals surface area contributed by atoms with Crippen molar-refractivity contribution < 1.29 is 79.0 Å². The molecule has 0 fully saturated rings. The van der Waals surface area contributed by atoms with Crippen LogP contribution in [0.3, 0.4) is 0 Å². The number of benzene rings is 2. The molecule has 0 aliphatic heterocycles. The second kappa shape index (κ2) is 9.00. The fraction of sp³-hybridized carbons (Fsp3) is 0.333. The van der Waals surface area contributed by atoms with Crippen LogP contribution in [0.15, 0.2) is 24.3 Å². The van der Waals surface area contributed by atoms with E-state index in [2.05, 4.69) is 0 Å². The molecule has 0 saturated heterocycles. The molecule has 0 amide bonds. The number of hydrogen-bond acceptors (Lipinski definition) is 0. The summed E-state index contributed by atoms with van der Waals surface area (Å²) in [6, 6.07) is -1.85. The summed E-state index contributed by atoms with van der Waals surface area (Å²) in [4.78, 5) is 0. The van der Waals surface area contributed by atoms with Crippen molar-refractivity contribution in [1.29, 1.82) is 0 Å². The Morgan fingerprint density at radius 2 is 0.568 bits per heavy atom. The molecule has 0 unspecified atom stereocenters. The smallest absolute Gasteiger partial charge is 0.166 e. The topological polar surface area (TPSA) is 0 Å². The molecule has 0 heterocycles. The van der Waals surface area contributed by atoms with Crippen molar-refractivity contribution in [1.82, 2.24) is 0 Å². The third kappa shape index (κ3) is 6.46. The van der Waals surface area contributed by atoms with Crippen LogP contribution in [-0.2, 0) is 37.1 Å². The Hall–Kier alpha value is -2.60. The first-order valence-electron chi connectivity index (χ1n) is 8.72. The first-order valence-corrected chi connectivity index (χ1v) is 9.72. The summed E-state index contributed by atoms with van der Waals surface area (Å²) in [5.74, 6) is 0. The van der Waals surface area contributed by atoms with Crippen molar-refractivity contribution in [3.8, 4) is 0 Å². The summed E-state index contributed by atoms with van der Waals surface area (Å²) in [5.41, 5.74) is -18.9. The van der Waals surface area contributed by atoms with E-state index in [0.29, 0.717) is 0 Å². The highest BCUT2D eigenvalue weighted by Gasteiger charge is 2.53. The molecular weight excluding hydrogens is 586 g/mol. The maximum atomic E-state index is 13.5. The van der Waals surface area contributed by atoms with E-state index in [9.17, 15) is 79.0 Å². The van der Waals surface area contributed by atoms with Crippen molar-refractivity contribution in [2.45, 2.75) is 37.1 Å². The van der Waals surface area contributed by atoms with Gasteiger partial charge < -0.3 is 0 Å². The fourth-order valence-electron chi connectivity index (χ4n) is 3.21. The zero-order chi connectivity index (χ0) is 29.2. The molecule has 0 aliphatic carbocycles. The normalized spacial score (nSPS) is 14.3. The first kappa shape index (κ1) is 30.6. The lowest BCUT2D eigenvalue weighted by Gasteiger charge is -2.25. The van der Waals surface area contributed by atoms with Crippen LogP contribution in [0, 0.1) is 0 Å². The van der Waals surface area contributed by atoms with Crippen LogP contribution in [0.2, 0.25) is 0 Å². The van der Waals surface area contributed by atoms with E-state index in [1.807, 2.05) is 0 Å². The van der Waals surface area contributed by atoms with Gasteiger partial charge >= 0.3 is 37.1 Å². The molecule has 0 N–H and O–H groups in total. The lowest BCUT2D eigenvalue weighted by Crippen LogP contribution is -2.41. The molecular formula is C18H4F18Si. The van der Waals surface area contributed by atoms with Gasteiger partial charge in [-0.2, -0.15) is 79.0 Å². The highest BCUT2D eigenvalue weighted by Crippen LogP contribution is 2.47. The van der Waals surface area contributed by atoms with Gasteiger partial charge in [0.15, 0.2) is 0 Å². The Labute approximate surface area is 194 Å². The van der Waals surface area contributed by atoms with Crippen molar-refractivity contribution in [3.63, 3.8) is 0 Å². The summed E-state index contributed by atoms with van der Waals surface area (Å²) < 4.78 is 239. The molecule has 0 aromatic heterocycles. The molecule has 0 nitrogen and oxygen atoms in total. The molecule has 0 spiro atoms. The average Bonchev–Trinajstić information content (AvgIpc) is 2.62. The Balaban J connectivity index is 3.05. The van der Waals surface area contributed by atoms with Crippen molar-refractivity contribution in [2.75, 3.05) is 0 Å². The predicted octanol–water partition coefficient (Wildman–Crippen LogP) is 7.45. The fourth-order valence-corrected chi connectivity index (χ4v) is 4.62. The van der Waals surface area contributed by atoms with Gasteiger partial charge in [-0.05, 0) is 22.5 Å². The van der Waals surface area contributed by atoms with E-state index < -0.39 is 102 Å². The second-order valence-electron chi connectivity index (χ2n) is 6.93. The van der Waals surface area contributed by atoms with E-state index in [0.717, 1.165) is 0 Å². The van der Waals surface area contributed by atoms with Gasteiger partial charge in [-0.25, -0.2) is 0 Å². The van der Waals surface area contributed by atoms with Crippen LogP contribution in [0.25, 0.3) is 0 Å². The van der Waals surface area contributed by atoms with E-state index in [1.54, 1.807) is 0 Å². The summed E-state index contributed by atoms with van der Waals surface area (Å²) in [5, 5.41) is -3.96. The summed E-state index contributed by atoms with van der Waals surface area (Å²) in [6.45, 7) is 0. The highest BCUT2D eigenvalue weighted by atomic mass is 28.2. The Morgan fingerprint density at radius 3 is 0.757 bits per heavy atom. The van der Waals surface area contributed by atoms with Crippen LogP contribution in [-0.4, -0.2) is 9.52 Å². The molecule has 0 aliphatic rings. The SMILES string of the molecule is FC(F)(F)c1ccc([Si]c2ccc(C(F)(F)F)c(C(F)(F)F)c2C(F)(F)F)c(C(F)(F)F)c1C(F)(F)F. The van der Waals surface area contributed by atoms with Crippen molar-refractivity contribution in [2.24, 2.45) is 0 Å². The number of hydrogen-bond donors (Lipinski definition) is 0. The van der Waals surface area contributed by atoms with Gasteiger partial charge in [0.05, 0.1) is 33.4 Å². The van der Waals surface area contributed by atoms with Crippen LogP contribution >= 0.6 is 0 Å². The van der Waals surface area contributed by atoms with Crippen LogP contribution in [0.4, 0.5) is 79.0 Å². The Bertz CT molecular complexity index is 1060. The standard InChI is InChI=1S/C18H4F18Si/c19-13(20,21)5-1-3-7(11(17(31,32)33)9(5)15(25,26)27)37-8-4-2-6(14(22,23)24)10(16(28,29)30)12(8)18(34,35)36/h1-4H. The van der Waals surface area contributed by atoms with Crippen LogP contribution < -0.4 is 10.4 Å². The summed E-state index contributed by atoms with van der Waals surface area (Å²) in [6.07, 6.45) is -37.7. The lowest BCUT2D eigenvalue weighted by molar-refractivity contribution is -0.174. The second-order valence-corrected chi connectivity index (χ2v) is 8.26. The molecule has 0 atom stereocenters. The zero-order valence-electron chi connectivity index (χ0n) is 16.6. The summed E-state index contributed by atoms with van der Waals surface area (Å²) >= 11 is 0. The predicted molar refractivity (Wildman–Crippen MR) is 87.9 cm³/mol. The van der Waals surface area contributed by atoms with Gasteiger partial charge in [0, 0.05) is 0 Å². The van der Waals surface area contributed by atoms with Crippen molar-refractivity contribution in [3.05, 3.63) is 57.6 Å². The number of rotatable bonds is 2. The van der Waals surface area contributed by atoms with Gasteiger partial charge in [0.1, 0.15) is 9.52 Å². The van der Waals surface area contributed by atoms with Gasteiger partial charge in [-0.1, -0.05) is 12.1 Å². The minimum atomic E-state index is -6.42. The van der Waals surface area contributed by atoms with E-state index in [-0.39, 0.29) is 12.1 Å². The largest absolute Gasteiger partial charge is 0.417 e.